The average Bonchev–Trinajstić information content (AvgIpc) is 3.21. The highest BCUT2D eigenvalue weighted by Gasteiger charge is 2.48. The van der Waals surface area contributed by atoms with Gasteiger partial charge in [-0.2, -0.15) is 0 Å². The molecular weight excluding hydrogens is 398 g/mol. The minimum Gasteiger partial charge on any atom is -0.469 e. The Kier molecular flexibility index (Phi) is 6.08. The van der Waals surface area contributed by atoms with E-state index in [1.54, 1.807) is 34.8 Å². The van der Waals surface area contributed by atoms with Gasteiger partial charge in [0, 0.05) is 33.2 Å². The fraction of sp³-hybridized carbons (Fsp3) is 0.435. The summed E-state index contributed by atoms with van der Waals surface area (Å²) in [5.41, 5.74) is 1.38. The van der Waals surface area contributed by atoms with Crippen molar-refractivity contribution in [2.24, 2.45) is 0 Å². The number of ether oxygens (including phenoxy) is 1. The van der Waals surface area contributed by atoms with E-state index in [1.165, 1.54) is 6.26 Å². The Bertz CT molecular complexity index is 957. The van der Waals surface area contributed by atoms with Gasteiger partial charge in [-0.15, -0.1) is 0 Å². The summed E-state index contributed by atoms with van der Waals surface area (Å²) in [6, 6.07) is 9.89. The second-order valence-electron chi connectivity index (χ2n) is 7.92. The Labute approximate surface area is 181 Å². The van der Waals surface area contributed by atoms with Crippen LogP contribution in [0.25, 0.3) is 0 Å². The van der Waals surface area contributed by atoms with Crippen molar-refractivity contribution in [3.8, 4) is 0 Å². The number of nitrogens with zero attached hydrogens (tertiary/aromatic N) is 3. The molecule has 0 radical (unpaired) electrons. The third-order valence-electron chi connectivity index (χ3n) is 6.09. The van der Waals surface area contributed by atoms with Gasteiger partial charge in [0.15, 0.2) is 0 Å². The summed E-state index contributed by atoms with van der Waals surface area (Å²) in [5, 5.41) is 0. The highest BCUT2D eigenvalue weighted by molar-refractivity contribution is 6.01. The molecule has 31 heavy (non-hydrogen) atoms. The van der Waals surface area contributed by atoms with Crippen molar-refractivity contribution in [3.05, 3.63) is 59.5 Å². The van der Waals surface area contributed by atoms with Crippen LogP contribution in [0, 0.1) is 6.92 Å². The SMILES string of the molecule is COCCN1CCN2C(=O)[C@H](Cc3ccccc3)N(C(=O)c3ccoc3C)C[C@H]2C1=O. The lowest BCUT2D eigenvalue weighted by molar-refractivity contribution is -0.160. The molecule has 164 valence electrons. The smallest absolute Gasteiger partial charge is 0.258 e. The van der Waals surface area contributed by atoms with Gasteiger partial charge in [0.05, 0.1) is 25.0 Å². The fourth-order valence-electron chi connectivity index (χ4n) is 4.36. The number of furan rings is 1. The van der Waals surface area contributed by atoms with E-state index >= 15 is 0 Å². The van der Waals surface area contributed by atoms with Crippen LogP contribution in [-0.2, 0) is 20.7 Å². The van der Waals surface area contributed by atoms with Gasteiger partial charge in [0.1, 0.15) is 17.8 Å². The molecule has 0 aliphatic carbocycles. The van der Waals surface area contributed by atoms with Crippen molar-refractivity contribution in [1.29, 1.82) is 0 Å². The van der Waals surface area contributed by atoms with Gasteiger partial charge in [0.2, 0.25) is 11.8 Å². The molecule has 0 bridgehead atoms. The Morgan fingerprint density at radius 2 is 1.90 bits per heavy atom. The van der Waals surface area contributed by atoms with E-state index in [-0.39, 0.29) is 24.3 Å². The number of carbonyl (C=O) groups is 3. The maximum atomic E-state index is 13.5. The lowest BCUT2D eigenvalue weighted by atomic mass is 9.95. The molecule has 0 saturated carbocycles. The lowest BCUT2D eigenvalue weighted by Gasteiger charge is -2.49. The molecule has 2 saturated heterocycles. The zero-order valence-electron chi connectivity index (χ0n) is 17.8. The number of benzene rings is 1. The van der Waals surface area contributed by atoms with Crippen LogP contribution >= 0.6 is 0 Å². The number of hydrogen-bond donors (Lipinski definition) is 0. The number of carbonyl (C=O) groups excluding carboxylic acids is 3. The minimum atomic E-state index is -0.679. The van der Waals surface area contributed by atoms with Crippen LogP contribution in [0.5, 0.6) is 0 Å². The number of methoxy groups -OCH3 is 1. The van der Waals surface area contributed by atoms with Crippen molar-refractivity contribution >= 4 is 17.7 Å². The second-order valence-corrected chi connectivity index (χ2v) is 7.92. The van der Waals surface area contributed by atoms with E-state index in [0.29, 0.717) is 44.0 Å². The molecule has 0 spiro atoms. The monoisotopic (exact) mass is 425 g/mol. The van der Waals surface area contributed by atoms with Gasteiger partial charge in [-0.25, -0.2) is 0 Å². The van der Waals surface area contributed by atoms with Crippen LogP contribution in [0.3, 0.4) is 0 Å². The van der Waals surface area contributed by atoms with Crippen LogP contribution in [0.2, 0.25) is 0 Å². The maximum Gasteiger partial charge on any atom is 0.258 e. The van der Waals surface area contributed by atoms with Crippen molar-refractivity contribution in [2.45, 2.75) is 25.4 Å². The topological polar surface area (TPSA) is 83.3 Å². The first-order valence-corrected chi connectivity index (χ1v) is 10.5. The highest BCUT2D eigenvalue weighted by atomic mass is 16.5. The van der Waals surface area contributed by atoms with Crippen LogP contribution in [0.15, 0.2) is 47.1 Å². The molecule has 1 aromatic carbocycles. The first-order valence-electron chi connectivity index (χ1n) is 10.5. The molecule has 2 aliphatic heterocycles. The van der Waals surface area contributed by atoms with Crippen molar-refractivity contribution < 1.29 is 23.5 Å². The van der Waals surface area contributed by atoms with Crippen LogP contribution < -0.4 is 0 Å². The third-order valence-corrected chi connectivity index (χ3v) is 6.09. The van der Waals surface area contributed by atoms with Gasteiger partial charge >= 0.3 is 0 Å². The third kappa shape index (κ3) is 4.07. The summed E-state index contributed by atoms with van der Waals surface area (Å²) in [7, 11) is 1.59. The summed E-state index contributed by atoms with van der Waals surface area (Å²) in [5.74, 6) is -0.122. The molecule has 3 heterocycles. The van der Waals surface area contributed by atoms with Gasteiger partial charge in [-0.3, -0.25) is 14.4 Å². The molecule has 1 aromatic heterocycles. The standard InChI is InChI=1S/C23H27N3O5/c1-16-18(8-12-31-16)21(27)26-15-20-22(28)24(11-13-30-2)9-10-25(20)23(29)19(26)14-17-6-4-3-5-7-17/h3-8,12,19-20H,9-11,13-15H2,1-2H3/t19-,20-/m0/s1. The van der Waals surface area contributed by atoms with E-state index in [2.05, 4.69) is 0 Å². The van der Waals surface area contributed by atoms with Gasteiger partial charge in [-0.1, -0.05) is 30.3 Å². The molecule has 8 nitrogen and oxygen atoms in total. The molecule has 0 unspecified atom stereocenters. The highest BCUT2D eigenvalue weighted by Crippen LogP contribution is 2.26. The van der Waals surface area contributed by atoms with E-state index in [1.807, 2.05) is 30.3 Å². The summed E-state index contributed by atoms with van der Waals surface area (Å²) < 4.78 is 10.4. The molecule has 2 atom stereocenters. The molecule has 0 N–H and O–H groups in total. The summed E-state index contributed by atoms with van der Waals surface area (Å²) in [6.45, 7) is 3.70. The van der Waals surface area contributed by atoms with Gasteiger partial charge in [0.25, 0.3) is 5.91 Å². The first kappa shape index (κ1) is 21.1. The van der Waals surface area contributed by atoms with E-state index in [4.69, 9.17) is 9.15 Å². The van der Waals surface area contributed by atoms with E-state index in [9.17, 15) is 14.4 Å². The number of aryl methyl sites for hydroxylation is 1. The van der Waals surface area contributed by atoms with Gasteiger partial charge < -0.3 is 23.9 Å². The van der Waals surface area contributed by atoms with Crippen molar-refractivity contribution in [1.82, 2.24) is 14.7 Å². The molecule has 2 aromatic rings. The second kappa shape index (κ2) is 8.93. The normalized spacial score (nSPS) is 21.4. The molecular formula is C23H27N3O5. The molecule has 2 fully saturated rings. The van der Waals surface area contributed by atoms with Crippen LogP contribution in [-0.4, -0.2) is 84.4 Å². The summed E-state index contributed by atoms with van der Waals surface area (Å²) in [6.07, 6.45) is 1.86. The van der Waals surface area contributed by atoms with Crippen LogP contribution in [0.4, 0.5) is 0 Å². The molecule has 3 amide bonds. The zero-order chi connectivity index (χ0) is 22.0. The predicted molar refractivity (Wildman–Crippen MR) is 112 cm³/mol. The number of fused-ring (bicyclic) bond motifs is 1. The summed E-state index contributed by atoms with van der Waals surface area (Å²) >= 11 is 0. The Hall–Kier alpha value is -3.13. The van der Waals surface area contributed by atoms with Crippen molar-refractivity contribution in [2.75, 3.05) is 39.9 Å². The minimum absolute atomic E-state index is 0.142. The Balaban J connectivity index is 1.64. The molecule has 2 aliphatic rings. The first-order chi connectivity index (χ1) is 15.0. The number of amides is 3. The quantitative estimate of drug-likeness (QED) is 0.698. The largest absolute Gasteiger partial charge is 0.469 e. The predicted octanol–water partition coefficient (Wildman–Crippen LogP) is 1.34. The van der Waals surface area contributed by atoms with Crippen molar-refractivity contribution in [3.63, 3.8) is 0 Å². The maximum absolute atomic E-state index is 13.5. The zero-order valence-corrected chi connectivity index (χ0v) is 17.8. The number of piperazine rings is 2. The molecule has 4 rings (SSSR count). The van der Waals surface area contributed by atoms with E-state index < -0.39 is 12.1 Å². The summed E-state index contributed by atoms with van der Waals surface area (Å²) in [4.78, 5) is 44.9. The average molecular weight is 425 g/mol. The molecule has 8 heteroatoms. The van der Waals surface area contributed by atoms with E-state index in [0.717, 1.165) is 5.56 Å². The Morgan fingerprint density at radius 3 is 2.58 bits per heavy atom. The fourth-order valence-corrected chi connectivity index (χ4v) is 4.36. The Morgan fingerprint density at radius 1 is 1.13 bits per heavy atom. The lowest BCUT2D eigenvalue weighted by Crippen LogP contribution is -2.70. The van der Waals surface area contributed by atoms with Crippen LogP contribution in [0.1, 0.15) is 21.7 Å². The number of hydrogen-bond acceptors (Lipinski definition) is 5. The number of rotatable bonds is 6. The van der Waals surface area contributed by atoms with Gasteiger partial charge in [-0.05, 0) is 18.6 Å².